The number of amides is 1. The number of rotatable bonds is 6. The van der Waals surface area contributed by atoms with Crippen molar-refractivity contribution in [2.45, 2.75) is 50.5 Å². The van der Waals surface area contributed by atoms with E-state index in [0.717, 1.165) is 48.8 Å². The van der Waals surface area contributed by atoms with Crippen molar-refractivity contribution in [3.8, 4) is 11.4 Å². The highest BCUT2D eigenvalue weighted by Gasteiger charge is 2.31. The molecule has 11 heteroatoms. The predicted octanol–water partition coefficient (Wildman–Crippen LogP) is 6.31. The van der Waals surface area contributed by atoms with E-state index >= 15 is 0 Å². The second kappa shape index (κ2) is 9.44. The van der Waals surface area contributed by atoms with Gasteiger partial charge in [-0.3, -0.25) is 4.79 Å². The maximum absolute atomic E-state index is 12.9. The van der Waals surface area contributed by atoms with E-state index in [9.17, 15) is 18.0 Å². The molecule has 5 nitrogen and oxygen atoms in total. The number of nitrogens with one attached hydrogen (secondary N) is 1. The number of aryl methyl sites for hydroxylation is 1. The first-order chi connectivity index (χ1) is 15.3. The number of benzene rings is 1. The molecule has 0 saturated carbocycles. The van der Waals surface area contributed by atoms with Crippen molar-refractivity contribution in [2.24, 2.45) is 0 Å². The molecule has 2 heterocycles. The van der Waals surface area contributed by atoms with Gasteiger partial charge in [-0.25, -0.2) is 0 Å². The van der Waals surface area contributed by atoms with Crippen molar-refractivity contribution >= 4 is 46.3 Å². The Morgan fingerprint density at radius 2 is 2.06 bits per heavy atom. The van der Waals surface area contributed by atoms with Gasteiger partial charge in [-0.1, -0.05) is 23.4 Å². The van der Waals surface area contributed by atoms with Crippen LogP contribution in [0.1, 0.15) is 35.8 Å². The van der Waals surface area contributed by atoms with Gasteiger partial charge >= 0.3 is 6.18 Å². The van der Waals surface area contributed by atoms with Crippen molar-refractivity contribution in [3.05, 3.63) is 44.6 Å². The smallest absolute Gasteiger partial charge is 0.324 e. The first kappa shape index (κ1) is 23.1. The molecular formula is C21H20ClF3N4OS2. The molecule has 1 aliphatic carbocycles. The van der Waals surface area contributed by atoms with Crippen LogP contribution >= 0.6 is 34.7 Å². The highest BCUT2D eigenvalue weighted by atomic mass is 35.5. The van der Waals surface area contributed by atoms with Crippen LogP contribution in [0.5, 0.6) is 0 Å². The predicted molar refractivity (Wildman–Crippen MR) is 121 cm³/mol. The molecule has 1 aromatic carbocycles. The first-order valence-corrected chi connectivity index (χ1v) is 12.3. The fourth-order valence-electron chi connectivity index (χ4n) is 3.67. The Hall–Kier alpha value is -2.04. The monoisotopic (exact) mass is 500 g/mol. The number of hydrogen-bond acceptors (Lipinski definition) is 5. The molecule has 1 aliphatic rings. The van der Waals surface area contributed by atoms with Crippen LogP contribution in [-0.2, 0) is 30.4 Å². The number of fused-ring (bicyclic) bond motifs is 1. The van der Waals surface area contributed by atoms with Crippen LogP contribution in [0, 0.1) is 0 Å². The fraction of sp³-hybridized carbons (Fsp3) is 0.381. The van der Waals surface area contributed by atoms with E-state index in [-0.39, 0.29) is 16.5 Å². The van der Waals surface area contributed by atoms with Crippen LogP contribution in [0.15, 0.2) is 28.7 Å². The van der Waals surface area contributed by atoms with E-state index in [1.807, 2.05) is 11.5 Å². The number of aromatic nitrogens is 3. The lowest BCUT2D eigenvalue weighted by atomic mass is 9.96. The number of carbonyl (C=O) groups is 1. The van der Waals surface area contributed by atoms with E-state index < -0.39 is 17.6 Å². The van der Waals surface area contributed by atoms with Gasteiger partial charge in [0, 0.05) is 22.4 Å². The normalized spacial score (nSPS) is 13.8. The third-order valence-electron chi connectivity index (χ3n) is 5.24. The molecule has 170 valence electrons. The maximum atomic E-state index is 12.9. The summed E-state index contributed by atoms with van der Waals surface area (Å²) in [4.78, 5) is 13.8. The third kappa shape index (κ3) is 4.82. The number of thioether (sulfide) groups is 1. The summed E-state index contributed by atoms with van der Waals surface area (Å²) in [7, 11) is 0. The molecule has 0 atom stereocenters. The Morgan fingerprint density at radius 1 is 1.28 bits per heavy atom. The molecule has 0 spiro atoms. The van der Waals surface area contributed by atoms with E-state index in [4.69, 9.17) is 11.6 Å². The Labute approximate surface area is 196 Å². The summed E-state index contributed by atoms with van der Waals surface area (Å²) in [6.45, 7) is 2.62. The lowest BCUT2D eigenvalue weighted by Crippen LogP contribution is -2.16. The quantitative estimate of drug-likeness (QED) is 0.403. The summed E-state index contributed by atoms with van der Waals surface area (Å²) in [5, 5.41) is 13.8. The number of nitrogens with zero attached hydrogens (tertiary/aromatic N) is 3. The molecule has 0 aliphatic heterocycles. The summed E-state index contributed by atoms with van der Waals surface area (Å²) >= 11 is 8.90. The number of halogens is 4. The Kier molecular flexibility index (Phi) is 6.83. The van der Waals surface area contributed by atoms with Gasteiger partial charge in [0.25, 0.3) is 0 Å². The molecule has 1 N–H and O–H groups in total. The number of carbonyl (C=O) groups excluding carboxylic acids is 1. The van der Waals surface area contributed by atoms with Gasteiger partial charge in [-0.15, -0.1) is 21.5 Å². The number of alkyl halides is 3. The molecule has 2 aromatic heterocycles. The minimum atomic E-state index is -4.52. The molecule has 1 amide bonds. The first-order valence-electron chi connectivity index (χ1n) is 10.1. The molecule has 32 heavy (non-hydrogen) atoms. The second-order valence-electron chi connectivity index (χ2n) is 7.34. The van der Waals surface area contributed by atoms with Crippen LogP contribution in [-0.4, -0.2) is 26.4 Å². The summed E-state index contributed by atoms with van der Waals surface area (Å²) in [6, 6.07) is 2.83. The van der Waals surface area contributed by atoms with Crippen molar-refractivity contribution < 1.29 is 18.0 Å². The zero-order valence-corrected chi connectivity index (χ0v) is 19.5. The zero-order valence-electron chi connectivity index (χ0n) is 17.1. The maximum Gasteiger partial charge on any atom is 0.416 e. The molecule has 0 unspecified atom stereocenters. The molecular weight excluding hydrogens is 481 g/mol. The average molecular weight is 501 g/mol. The topological polar surface area (TPSA) is 59.8 Å². The van der Waals surface area contributed by atoms with E-state index in [1.165, 1.54) is 28.6 Å². The average Bonchev–Trinajstić information content (AvgIpc) is 3.36. The van der Waals surface area contributed by atoms with Gasteiger partial charge in [-0.05, 0) is 56.4 Å². The van der Waals surface area contributed by atoms with Crippen LogP contribution in [0.3, 0.4) is 0 Å². The number of thiophene rings is 1. The fourth-order valence-corrected chi connectivity index (χ4v) is 5.77. The standard InChI is InChI=1S/C21H20ClF3N4OS2/c1-2-29-19(14-10-31-17-6-4-3-5-13(14)17)27-28-20(29)32-11-18(30)26-16-9-12(21(23,24)25)7-8-15(16)22/h7-10H,2-6,11H2,1H3,(H,26,30). The van der Waals surface area contributed by atoms with Crippen LogP contribution in [0.25, 0.3) is 11.4 Å². The number of anilines is 1. The van der Waals surface area contributed by atoms with Crippen LogP contribution in [0.2, 0.25) is 5.02 Å². The lowest BCUT2D eigenvalue weighted by molar-refractivity contribution is -0.137. The second-order valence-corrected chi connectivity index (χ2v) is 9.65. The van der Waals surface area contributed by atoms with Crippen molar-refractivity contribution in [2.75, 3.05) is 11.1 Å². The van der Waals surface area contributed by atoms with Gasteiger partial charge in [0.05, 0.1) is 22.0 Å². The Balaban J connectivity index is 1.47. The molecule has 0 radical (unpaired) electrons. The highest BCUT2D eigenvalue weighted by molar-refractivity contribution is 7.99. The van der Waals surface area contributed by atoms with Crippen molar-refractivity contribution in [3.63, 3.8) is 0 Å². The summed E-state index contributed by atoms with van der Waals surface area (Å²) in [5.41, 5.74) is 1.50. The minimum Gasteiger partial charge on any atom is -0.324 e. The van der Waals surface area contributed by atoms with Crippen LogP contribution < -0.4 is 5.32 Å². The molecule has 4 rings (SSSR count). The highest BCUT2D eigenvalue weighted by Crippen LogP contribution is 2.37. The van der Waals surface area contributed by atoms with E-state index in [2.05, 4.69) is 20.9 Å². The molecule has 0 saturated heterocycles. The molecule has 3 aromatic rings. The van der Waals surface area contributed by atoms with Gasteiger partial charge in [0.15, 0.2) is 11.0 Å². The van der Waals surface area contributed by atoms with Gasteiger partial charge in [-0.2, -0.15) is 13.2 Å². The Bertz CT molecular complexity index is 1140. The SMILES string of the molecule is CCn1c(SCC(=O)Nc2cc(C(F)(F)F)ccc2Cl)nnc1-c1csc2c1CCCC2. The van der Waals surface area contributed by atoms with Gasteiger partial charge in [0.1, 0.15) is 0 Å². The van der Waals surface area contributed by atoms with Gasteiger partial charge < -0.3 is 9.88 Å². The molecule has 0 fully saturated rings. The third-order valence-corrected chi connectivity index (χ3v) is 7.62. The van der Waals surface area contributed by atoms with Crippen molar-refractivity contribution in [1.82, 2.24) is 14.8 Å². The summed E-state index contributed by atoms with van der Waals surface area (Å²) in [5.74, 6) is 0.277. The zero-order chi connectivity index (χ0) is 22.9. The summed E-state index contributed by atoms with van der Waals surface area (Å²) in [6.07, 6.45) is -0.0163. The van der Waals surface area contributed by atoms with Crippen LogP contribution in [0.4, 0.5) is 18.9 Å². The Morgan fingerprint density at radius 3 is 2.81 bits per heavy atom. The van der Waals surface area contributed by atoms with E-state index in [0.29, 0.717) is 11.7 Å². The van der Waals surface area contributed by atoms with Gasteiger partial charge in [0.2, 0.25) is 5.91 Å². The summed E-state index contributed by atoms with van der Waals surface area (Å²) < 4.78 is 40.8. The largest absolute Gasteiger partial charge is 0.416 e. The molecule has 0 bridgehead atoms. The van der Waals surface area contributed by atoms with E-state index in [1.54, 1.807) is 11.3 Å². The lowest BCUT2D eigenvalue weighted by Gasteiger charge is -2.13. The minimum absolute atomic E-state index is 0.0353. The number of hydrogen-bond donors (Lipinski definition) is 1. The van der Waals surface area contributed by atoms with Crippen molar-refractivity contribution in [1.29, 1.82) is 0 Å².